The van der Waals surface area contributed by atoms with Gasteiger partial charge in [-0.15, -0.1) is 10.2 Å². The van der Waals surface area contributed by atoms with Gasteiger partial charge in [0.25, 0.3) is 12.3 Å². The quantitative estimate of drug-likeness (QED) is 0.120. The maximum absolute atomic E-state index is 15.5. The molecule has 0 aliphatic heterocycles. The van der Waals surface area contributed by atoms with Gasteiger partial charge in [-0.1, -0.05) is 19.8 Å². The van der Waals surface area contributed by atoms with Gasteiger partial charge in [-0.2, -0.15) is 13.9 Å². The number of nitrogens with zero attached hydrogens (tertiary/aromatic N) is 6. The van der Waals surface area contributed by atoms with Crippen molar-refractivity contribution < 1.29 is 36.2 Å². The summed E-state index contributed by atoms with van der Waals surface area (Å²) in [5.41, 5.74) is -1.62. The third-order valence-corrected chi connectivity index (χ3v) is 9.01. The van der Waals surface area contributed by atoms with E-state index in [1.165, 1.54) is 27.7 Å². The van der Waals surface area contributed by atoms with Gasteiger partial charge in [-0.25, -0.2) is 22.5 Å². The van der Waals surface area contributed by atoms with Crippen molar-refractivity contribution in [2.45, 2.75) is 70.6 Å². The van der Waals surface area contributed by atoms with Gasteiger partial charge in [-0.3, -0.25) is 13.9 Å². The number of alkyl halides is 4. The van der Waals surface area contributed by atoms with Gasteiger partial charge >= 0.3 is 0 Å². The van der Waals surface area contributed by atoms with Crippen molar-refractivity contribution in [1.29, 1.82) is 0 Å². The lowest BCUT2D eigenvalue weighted by Gasteiger charge is -2.23. The first-order valence-corrected chi connectivity index (χ1v) is 16.3. The summed E-state index contributed by atoms with van der Waals surface area (Å²) in [4.78, 5) is 18.6. The summed E-state index contributed by atoms with van der Waals surface area (Å²) in [6, 6.07) is 8.25. The van der Waals surface area contributed by atoms with E-state index in [2.05, 4.69) is 37.8 Å². The molecule has 272 valence electrons. The van der Waals surface area contributed by atoms with Crippen LogP contribution in [0.1, 0.15) is 80.0 Å². The lowest BCUT2D eigenvalue weighted by atomic mass is 9.94. The minimum atomic E-state index is -3.56. The second-order valence-electron chi connectivity index (χ2n) is 13.2. The number of amides is 1. The Balaban J connectivity index is 1.49. The Morgan fingerprint density at radius 3 is 2.42 bits per heavy atom. The molecule has 0 saturated heterocycles. The summed E-state index contributed by atoms with van der Waals surface area (Å²) in [6.07, 6.45) is -1.71. The maximum atomic E-state index is 15.5. The predicted octanol–water partition coefficient (Wildman–Crippen LogP) is 6.31. The number of fused-ring (bicyclic) bond motifs is 2. The molecule has 0 saturated carbocycles. The maximum Gasteiger partial charge on any atom is 0.292 e. The highest BCUT2D eigenvalue weighted by Gasteiger charge is 2.55. The number of hydrogen-bond donors (Lipinski definition) is 3. The molecule has 0 bridgehead atoms. The minimum Gasteiger partial charge on any atom is -0.378 e. The van der Waals surface area contributed by atoms with E-state index in [1.54, 1.807) is 41.9 Å². The molecule has 0 spiro atoms. The van der Waals surface area contributed by atoms with E-state index in [1.807, 2.05) is 0 Å². The second kappa shape index (κ2) is 13.6. The third kappa shape index (κ3) is 6.92. The van der Waals surface area contributed by atoms with E-state index in [-0.39, 0.29) is 28.9 Å². The lowest BCUT2D eigenvalue weighted by Crippen LogP contribution is -2.35. The first-order chi connectivity index (χ1) is 24.5. The van der Waals surface area contributed by atoms with Crippen molar-refractivity contribution in [3.8, 4) is 23.0 Å². The van der Waals surface area contributed by atoms with Gasteiger partial charge in [0.1, 0.15) is 40.9 Å². The lowest BCUT2D eigenvalue weighted by molar-refractivity contribution is -0.123. The SMILES string of the molecule is CNc1nnc2c(-c3ccc(C#CC(C)(C)O)nc3[C@H](Cc3cc(F)cc(F)c3)NC(=O)Cn3nc(C(F)F)c4c3C(F)(F)[C@H](C)[C@@H]4C)cccn12. The molecular weight excluding hydrogens is 690 g/mol. The molecule has 0 fully saturated rings. The van der Waals surface area contributed by atoms with Crippen LogP contribution >= 0.6 is 0 Å². The summed E-state index contributed by atoms with van der Waals surface area (Å²) in [7, 11) is 1.66. The second-order valence-corrected chi connectivity index (χ2v) is 13.2. The number of pyridine rings is 2. The van der Waals surface area contributed by atoms with Crippen molar-refractivity contribution in [3.05, 3.63) is 94.2 Å². The number of hydrogen-bond acceptors (Lipinski definition) is 7. The number of aliphatic hydroxyl groups is 1. The molecular formula is C36H34F6N8O2. The average Bonchev–Trinajstić information content (AvgIpc) is 3.72. The van der Waals surface area contributed by atoms with Gasteiger partial charge in [0.2, 0.25) is 11.9 Å². The van der Waals surface area contributed by atoms with E-state index >= 15 is 8.78 Å². The van der Waals surface area contributed by atoms with E-state index in [9.17, 15) is 27.5 Å². The van der Waals surface area contributed by atoms with Crippen LogP contribution in [0.4, 0.5) is 32.3 Å². The Bertz CT molecular complexity index is 2210. The Hall–Kier alpha value is -5.43. The van der Waals surface area contributed by atoms with Gasteiger partial charge in [-0.05, 0) is 74.1 Å². The Morgan fingerprint density at radius 2 is 1.77 bits per heavy atom. The van der Waals surface area contributed by atoms with Gasteiger partial charge in [0.05, 0.1) is 11.7 Å². The van der Waals surface area contributed by atoms with Crippen molar-refractivity contribution >= 4 is 17.5 Å². The number of nitrogens with one attached hydrogen (secondary N) is 2. The number of rotatable bonds is 9. The smallest absolute Gasteiger partial charge is 0.292 e. The molecule has 0 unspecified atom stereocenters. The highest BCUT2D eigenvalue weighted by molar-refractivity contribution is 5.81. The number of benzene rings is 1. The molecule has 4 heterocycles. The molecule has 3 atom stereocenters. The van der Waals surface area contributed by atoms with Crippen LogP contribution in [0.3, 0.4) is 0 Å². The molecule has 4 aromatic heterocycles. The summed E-state index contributed by atoms with van der Waals surface area (Å²) in [6.45, 7) is 4.72. The Labute approximate surface area is 294 Å². The molecule has 6 rings (SSSR count). The average molecular weight is 725 g/mol. The van der Waals surface area contributed by atoms with Crippen LogP contribution < -0.4 is 10.6 Å². The normalized spacial score (nSPS) is 17.2. The fraction of sp³-hybridized carbons (Fsp3) is 0.361. The van der Waals surface area contributed by atoms with Crippen LogP contribution in [-0.4, -0.2) is 53.0 Å². The minimum absolute atomic E-state index is 0.107. The molecule has 16 heteroatoms. The predicted molar refractivity (Wildman–Crippen MR) is 179 cm³/mol. The molecule has 1 aliphatic rings. The van der Waals surface area contributed by atoms with Crippen LogP contribution in [0, 0.1) is 29.4 Å². The van der Waals surface area contributed by atoms with Gasteiger partial charge in [0.15, 0.2) is 5.65 Å². The first-order valence-electron chi connectivity index (χ1n) is 16.3. The van der Waals surface area contributed by atoms with Gasteiger partial charge in [0, 0.05) is 41.9 Å². The van der Waals surface area contributed by atoms with Crippen molar-refractivity contribution in [3.63, 3.8) is 0 Å². The van der Waals surface area contributed by atoms with Crippen molar-refractivity contribution in [2.24, 2.45) is 5.92 Å². The summed E-state index contributed by atoms with van der Waals surface area (Å²) < 4.78 is 90.2. The number of anilines is 1. The van der Waals surface area contributed by atoms with Crippen LogP contribution in [-0.2, 0) is 23.7 Å². The van der Waals surface area contributed by atoms with E-state index in [0.717, 1.165) is 12.1 Å². The van der Waals surface area contributed by atoms with Crippen LogP contribution in [0.15, 0.2) is 48.7 Å². The molecule has 1 aromatic carbocycles. The molecule has 5 aromatic rings. The highest BCUT2D eigenvalue weighted by Crippen LogP contribution is 2.54. The summed E-state index contributed by atoms with van der Waals surface area (Å²) in [5.74, 6) is -2.66. The number of carbonyl (C=O) groups is 1. The monoisotopic (exact) mass is 724 g/mol. The van der Waals surface area contributed by atoms with Crippen molar-refractivity contribution in [2.75, 3.05) is 12.4 Å². The molecule has 10 nitrogen and oxygen atoms in total. The number of aromatic nitrogens is 6. The molecule has 1 aliphatic carbocycles. The highest BCUT2D eigenvalue weighted by atomic mass is 19.3. The summed E-state index contributed by atoms with van der Waals surface area (Å²) >= 11 is 0. The summed E-state index contributed by atoms with van der Waals surface area (Å²) in [5, 5.41) is 28.1. The fourth-order valence-corrected chi connectivity index (χ4v) is 6.46. The number of carbonyl (C=O) groups excluding carboxylic acids is 1. The zero-order chi connectivity index (χ0) is 37.7. The van der Waals surface area contributed by atoms with Gasteiger partial charge < -0.3 is 15.7 Å². The number of halogens is 6. The molecule has 0 radical (unpaired) electrons. The Kier molecular flexibility index (Phi) is 9.51. The molecule has 1 amide bonds. The van der Waals surface area contributed by atoms with Crippen molar-refractivity contribution in [1.82, 2.24) is 34.7 Å². The zero-order valence-corrected chi connectivity index (χ0v) is 28.6. The standard InChI is InChI=1S/C36H34F6N8O2/c1-18-19(2)36(41,42)31-28(18)30(32(39)40)48-50(31)17-27(51)45-26(15-20-13-21(37)16-22(38)14-20)29-24(9-8-23(44-29)10-11-35(3,4)52)25-7-6-12-49-33(25)46-47-34(49)43-5/h6-9,12-14,16,18-19,26,32,52H,15,17H2,1-5H3,(H,43,47)(H,45,51)/t18-,19+,26-/m0/s1. The van der Waals surface area contributed by atoms with E-state index in [0.29, 0.717) is 33.5 Å². The van der Waals surface area contributed by atoms with Crippen LogP contribution in [0.25, 0.3) is 16.8 Å². The molecule has 52 heavy (non-hydrogen) atoms. The van der Waals surface area contributed by atoms with Crippen LogP contribution in [0.2, 0.25) is 0 Å². The topological polar surface area (TPSA) is 122 Å². The first kappa shape index (κ1) is 36.4. The zero-order valence-electron chi connectivity index (χ0n) is 28.6. The van der Waals surface area contributed by atoms with Crippen LogP contribution in [0.5, 0.6) is 0 Å². The largest absolute Gasteiger partial charge is 0.378 e. The molecule has 3 N–H and O–H groups in total. The third-order valence-electron chi connectivity index (χ3n) is 9.01. The van der Waals surface area contributed by atoms with E-state index in [4.69, 9.17) is 4.98 Å². The Morgan fingerprint density at radius 1 is 1.06 bits per heavy atom. The van der Waals surface area contributed by atoms with E-state index < -0.39 is 71.3 Å². The fourth-order valence-electron chi connectivity index (χ4n) is 6.46.